The van der Waals surface area contributed by atoms with Crippen molar-refractivity contribution in [1.29, 1.82) is 0 Å². The summed E-state index contributed by atoms with van der Waals surface area (Å²) in [5.74, 6) is -4.07. The molecule has 0 saturated carbocycles. The Kier molecular flexibility index (Phi) is 10.1. The van der Waals surface area contributed by atoms with E-state index in [0.717, 1.165) is 37.6 Å². The summed E-state index contributed by atoms with van der Waals surface area (Å²) >= 11 is 0. The van der Waals surface area contributed by atoms with E-state index in [1.54, 1.807) is 30.6 Å². The summed E-state index contributed by atoms with van der Waals surface area (Å²) < 4.78 is 20.7. The lowest BCUT2D eigenvalue weighted by atomic mass is 10.2. The number of carboxylic acids is 1. The van der Waals surface area contributed by atoms with Gasteiger partial charge in [0.05, 0.1) is 24.6 Å². The molecule has 2 aliphatic rings. The van der Waals surface area contributed by atoms with Crippen LogP contribution in [0.5, 0.6) is 11.5 Å². The molecule has 1 amide bonds. The van der Waals surface area contributed by atoms with Gasteiger partial charge in [-0.1, -0.05) is 12.1 Å². The Bertz CT molecular complexity index is 2210. The largest absolute Gasteiger partial charge is 0.501 e. The first-order valence-electron chi connectivity index (χ1n) is 16.0. The molecule has 16 nitrogen and oxygen atoms in total. The van der Waals surface area contributed by atoms with Crippen molar-refractivity contribution in [2.24, 2.45) is 0 Å². The number of carbonyl (C=O) groups is 2. The van der Waals surface area contributed by atoms with Gasteiger partial charge in [-0.3, -0.25) is 23.2 Å². The van der Waals surface area contributed by atoms with Gasteiger partial charge in [0, 0.05) is 58.2 Å². The quantitative estimate of drug-likeness (QED) is 0.197. The van der Waals surface area contributed by atoms with E-state index < -0.39 is 40.2 Å². The van der Waals surface area contributed by atoms with Gasteiger partial charge in [-0.25, -0.2) is 19.2 Å². The number of aromatic nitrogens is 4. The number of fused-ring (bicyclic) bond motifs is 2. The van der Waals surface area contributed by atoms with Crippen molar-refractivity contribution in [2.75, 3.05) is 69.3 Å². The predicted molar refractivity (Wildman–Crippen MR) is 184 cm³/mol. The van der Waals surface area contributed by atoms with E-state index in [2.05, 4.69) is 37.0 Å². The Morgan fingerprint density at radius 2 is 1.27 bits per heavy atom. The third kappa shape index (κ3) is 7.58. The molecule has 0 bridgehead atoms. The minimum atomic E-state index is -1.43. The van der Waals surface area contributed by atoms with Gasteiger partial charge in [-0.15, -0.1) is 0 Å². The van der Waals surface area contributed by atoms with E-state index in [0.29, 0.717) is 31.9 Å². The van der Waals surface area contributed by atoms with Crippen LogP contribution >= 0.6 is 0 Å². The maximum Gasteiger partial charge on any atom is 0.358 e. The lowest BCUT2D eigenvalue weighted by molar-refractivity contribution is 0.0686. The van der Waals surface area contributed by atoms with E-state index in [9.17, 15) is 33.8 Å². The van der Waals surface area contributed by atoms with Crippen LogP contribution in [-0.4, -0.2) is 110 Å². The van der Waals surface area contributed by atoms with Gasteiger partial charge in [0.1, 0.15) is 17.1 Å². The van der Waals surface area contributed by atoms with Crippen molar-refractivity contribution in [3.63, 3.8) is 0 Å². The second-order valence-corrected chi connectivity index (χ2v) is 12.0. The number of amides is 1. The number of anilines is 2. The number of carbonyl (C=O) groups excluding carboxylic acids is 1. The maximum atomic E-state index is 13.0. The van der Waals surface area contributed by atoms with Crippen molar-refractivity contribution in [1.82, 2.24) is 29.0 Å². The van der Waals surface area contributed by atoms with Gasteiger partial charge in [0.25, 0.3) is 5.91 Å². The fourth-order valence-electron chi connectivity index (χ4n) is 5.67. The van der Waals surface area contributed by atoms with Crippen LogP contribution in [0.25, 0.3) is 11.3 Å². The number of carboxylic acid groups (broad SMARTS) is 1. The highest BCUT2D eigenvalue weighted by Crippen LogP contribution is 2.20. The van der Waals surface area contributed by atoms with Crippen molar-refractivity contribution >= 4 is 34.5 Å². The topological polar surface area (TPSA) is 195 Å². The number of nitrogens with zero attached hydrogens (tertiary/aromatic N) is 7. The molecule has 4 N–H and O–H groups in total. The zero-order chi connectivity index (χ0) is 36.2. The van der Waals surface area contributed by atoms with E-state index >= 15 is 0 Å². The summed E-state index contributed by atoms with van der Waals surface area (Å²) in [5, 5.41) is 31.5. The van der Waals surface area contributed by atoms with Crippen LogP contribution in [0.2, 0.25) is 0 Å². The number of hydrogen-bond donors (Lipinski definition) is 4. The van der Waals surface area contributed by atoms with Crippen LogP contribution in [0.3, 0.4) is 0 Å². The number of likely N-dealkylation sites (N-methyl/N-ethyl adjacent to an activating group) is 1. The molecule has 0 atom stereocenters. The second kappa shape index (κ2) is 14.8. The number of hydrogen-bond acceptors (Lipinski definition) is 12. The lowest BCUT2D eigenvalue weighted by Gasteiger charge is -2.34. The first-order chi connectivity index (χ1) is 24.5. The maximum absolute atomic E-state index is 13.0. The highest BCUT2D eigenvalue weighted by molar-refractivity contribution is 5.95. The summed E-state index contributed by atoms with van der Waals surface area (Å²) in [5.41, 5.74) is 0.273. The number of halogens is 1. The highest BCUT2D eigenvalue weighted by Gasteiger charge is 2.21. The average Bonchev–Trinajstić information content (AvgIpc) is 3.14. The molecule has 6 heterocycles. The molecule has 4 aromatic heterocycles. The summed E-state index contributed by atoms with van der Waals surface area (Å²) in [6.45, 7) is 6.23. The zero-order valence-corrected chi connectivity index (χ0v) is 27.5. The van der Waals surface area contributed by atoms with E-state index in [1.165, 1.54) is 33.1 Å². The van der Waals surface area contributed by atoms with Crippen LogP contribution < -0.4 is 26.2 Å². The van der Waals surface area contributed by atoms with Gasteiger partial charge in [-0.05, 0) is 49.0 Å². The standard InChI is InChI=1S/C20H19FN4O4.C14H16N4O4/c21-14-3-1-13(2-4-14)11-22-19(27)17-18(26)20(28)25-12-15(5-6-16(25)23-17)24-7-9-29-10-8-24;1-16-4-6-17(7-5-16)9-2-3-10-15-11(14(21)22)12(19)13(20)18(10)8-9/h1-6,12,26H,7-11H2,(H,22,27);2-3,8,19H,4-7H2,1H3,(H,21,22). The SMILES string of the molecule is CN1CCN(c2ccc3nc(C(=O)O)c(O)c(=O)n3c2)CC1.O=C(NCc1ccc(F)cc1)c1nc2ccc(N3CCOCC3)cn2c(=O)c1O. The number of ether oxygens (including phenoxy) is 1. The van der Waals surface area contributed by atoms with Crippen molar-refractivity contribution < 1.29 is 34.0 Å². The monoisotopic (exact) mass is 702 g/mol. The number of rotatable bonds is 6. The smallest absolute Gasteiger partial charge is 0.358 e. The van der Waals surface area contributed by atoms with Crippen molar-refractivity contribution in [3.8, 4) is 11.5 Å². The normalized spacial score (nSPS) is 15.0. The third-order valence-corrected chi connectivity index (χ3v) is 8.60. The summed E-state index contributed by atoms with van der Waals surface area (Å²) in [6, 6.07) is 12.5. The highest BCUT2D eigenvalue weighted by atomic mass is 19.1. The van der Waals surface area contributed by atoms with E-state index in [1.807, 2.05) is 6.07 Å². The molecule has 0 unspecified atom stereocenters. The first kappa shape index (κ1) is 34.8. The number of piperazine rings is 1. The molecule has 2 fully saturated rings. The fraction of sp³-hybridized carbons (Fsp3) is 0.294. The molecule has 1 aromatic carbocycles. The summed E-state index contributed by atoms with van der Waals surface area (Å²) in [7, 11) is 2.05. The molecule has 0 aliphatic carbocycles. The Morgan fingerprint density at radius 1 is 0.765 bits per heavy atom. The molecule has 5 aromatic rings. The van der Waals surface area contributed by atoms with Crippen molar-refractivity contribution in [3.05, 3.63) is 104 Å². The van der Waals surface area contributed by atoms with Crippen molar-refractivity contribution in [2.45, 2.75) is 6.54 Å². The molecule has 0 radical (unpaired) electrons. The van der Waals surface area contributed by atoms with E-state index in [4.69, 9.17) is 9.84 Å². The Balaban J connectivity index is 0.000000183. The molecule has 2 saturated heterocycles. The first-order valence-corrected chi connectivity index (χ1v) is 16.0. The number of nitrogens with one attached hydrogen (secondary N) is 1. The molecular formula is C34H35FN8O8. The minimum Gasteiger partial charge on any atom is -0.501 e. The number of aromatic hydroxyl groups is 2. The van der Waals surface area contributed by atoms with Crippen LogP contribution in [-0.2, 0) is 11.3 Å². The van der Waals surface area contributed by atoms with Crippen LogP contribution in [0.15, 0.2) is 70.5 Å². The van der Waals surface area contributed by atoms with Gasteiger partial charge in [-0.2, -0.15) is 0 Å². The molecule has 17 heteroatoms. The van der Waals surface area contributed by atoms with E-state index in [-0.39, 0.29) is 29.4 Å². The molecule has 7 rings (SSSR count). The molecule has 0 spiro atoms. The number of benzene rings is 1. The van der Waals surface area contributed by atoms with Gasteiger partial charge < -0.3 is 40.1 Å². The van der Waals surface area contributed by atoms with Crippen LogP contribution in [0, 0.1) is 5.82 Å². The lowest BCUT2D eigenvalue weighted by Crippen LogP contribution is -2.44. The zero-order valence-electron chi connectivity index (χ0n) is 27.5. The molecule has 2 aliphatic heterocycles. The average molecular weight is 703 g/mol. The Labute approximate surface area is 289 Å². The summed E-state index contributed by atoms with van der Waals surface area (Å²) in [6.07, 6.45) is 3.18. The van der Waals surface area contributed by atoms with Crippen LogP contribution in [0.4, 0.5) is 15.8 Å². The van der Waals surface area contributed by atoms with Gasteiger partial charge >= 0.3 is 17.1 Å². The Hall–Kier alpha value is -6.07. The minimum absolute atomic E-state index is 0.107. The number of aromatic carboxylic acids is 1. The molecule has 266 valence electrons. The second-order valence-electron chi connectivity index (χ2n) is 12.0. The Morgan fingerprint density at radius 3 is 1.82 bits per heavy atom. The fourth-order valence-corrected chi connectivity index (χ4v) is 5.67. The van der Waals surface area contributed by atoms with Gasteiger partial charge in [0.2, 0.25) is 11.5 Å². The molecule has 51 heavy (non-hydrogen) atoms. The summed E-state index contributed by atoms with van der Waals surface area (Å²) in [4.78, 5) is 62.5. The number of morpholine rings is 1. The van der Waals surface area contributed by atoms with Crippen LogP contribution in [0.1, 0.15) is 26.5 Å². The third-order valence-electron chi connectivity index (χ3n) is 8.60. The molecular weight excluding hydrogens is 667 g/mol. The predicted octanol–water partition coefficient (Wildman–Crippen LogP) is 1.16. The van der Waals surface area contributed by atoms with Gasteiger partial charge in [0.15, 0.2) is 11.4 Å². The number of pyridine rings is 2.